The highest BCUT2D eigenvalue weighted by atomic mass is 16.2. The molecule has 1 aromatic rings. The highest BCUT2D eigenvalue weighted by Crippen LogP contribution is 2.28. The van der Waals surface area contributed by atoms with Crippen molar-refractivity contribution in [2.75, 3.05) is 39.8 Å². The van der Waals surface area contributed by atoms with Gasteiger partial charge in [-0.3, -0.25) is 15.0 Å². The van der Waals surface area contributed by atoms with Crippen LogP contribution in [0.2, 0.25) is 0 Å². The first-order valence-corrected chi connectivity index (χ1v) is 11.3. The van der Waals surface area contributed by atoms with Crippen molar-refractivity contribution in [3.8, 4) is 0 Å². The molecule has 3 heterocycles. The molecule has 2 saturated heterocycles. The van der Waals surface area contributed by atoms with Gasteiger partial charge in [0.25, 0.3) is 5.91 Å². The Labute approximate surface area is 184 Å². The summed E-state index contributed by atoms with van der Waals surface area (Å²) in [6, 6.07) is 7.48. The maximum Gasteiger partial charge on any atom is 0.325 e. The summed E-state index contributed by atoms with van der Waals surface area (Å²) in [5, 5.41) is 2.49. The van der Waals surface area contributed by atoms with Gasteiger partial charge in [-0.2, -0.15) is 0 Å². The zero-order valence-corrected chi connectivity index (χ0v) is 19.0. The predicted octanol–water partition coefficient (Wildman–Crippen LogP) is 1.71. The summed E-state index contributed by atoms with van der Waals surface area (Å²) in [7, 11) is 1.71. The fourth-order valence-electron chi connectivity index (χ4n) is 4.45. The van der Waals surface area contributed by atoms with Gasteiger partial charge in [0.2, 0.25) is 0 Å². The molecule has 2 fully saturated rings. The van der Waals surface area contributed by atoms with Gasteiger partial charge in [-0.25, -0.2) is 9.79 Å². The van der Waals surface area contributed by atoms with E-state index in [0.29, 0.717) is 12.5 Å². The lowest BCUT2D eigenvalue weighted by molar-refractivity contribution is -0.127. The third kappa shape index (κ3) is 4.54. The third-order valence-electron chi connectivity index (χ3n) is 6.49. The fraction of sp³-hybridized carbons (Fsp3) is 0.609. The molecule has 168 valence electrons. The van der Waals surface area contributed by atoms with Gasteiger partial charge in [-0.15, -0.1) is 0 Å². The number of urea groups is 1. The van der Waals surface area contributed by atoms with Crippen LogP contribution in [-0.2, 0) is 11.3 Å². The van der Waals surface area contributed by atoms with Crippen molar-refractivity contribution in [3.63, 3.8) is 0 Å². The van der Waals surface area contributed by atoms with Crippen molar-refractivity contribution in [2.45, 2.75) is 45.9 Å². The summed E-state index contributed by atoms with van der Waals surface area (Å²) in [5.41, 5.74) is 2.33. The fourth-order valence-corrected chi connectivity index (χ4v) is 4.45. The smallest absolute Gasteiger partial charge is 0.325 e. The molecule has 2 unspecified atom stereocenters. The standard InChI is InChI=1S/C23H34N6O2/c1-16(2)9-10-27-11-13-28(14-12-27)22-24-20-19(21(30)25-23(31)26(20)4)29(22)15-18-7-5-17(3)6-8-18/h5-8,16,19-20H,9-15H2,1-4H3,(H,25,30,31). The van der Waals surface area contributed by atoms with Crippen LogP contribution >= 0.6 is 0 Å². The average molecular weight is 427 g/mol. The van der Waals surface area contributed by atoms with Crippen LogP contribution in [0.1, 0.15) is 31.4 Å². The van der Waals surface area contributed by atoms with E-state index in [9.17, 15) is 9.59 Å². The van der Waals surface area contributed by atoms with Gasteiger partial charge in [0, 0.05) is 39.8 Å². The molecule has 0 aliphatic carbocycles. The molecule has 1 aromatic carbocycles. The maximum atomic E-state index is 12.8. The molecule has 3 aliphatic heterocycles. The summed E-state index contributed by atoms with van der Waals surface area (Å²) >= 11 is 0. The second kappa shape index (κ2) is 8.86. The van der Waals surface area contributed by atoms with Gasteiger partial charge >= 0.3 is 6.03 Å². The van der Waals surface area contributed by atoms with Gasteiger partial charge in [0.05, 0.1) is 0 Å². The molecule has 0 aromatic heterocycles. The van der Waals surface area contributed by atoms with Gasteiger partial charge in [-0.05, 0) is 31.4 Å². The Morgan fingerprint density at radius 3 is 2.42 bits per heavy atom. The summed E-state index contributed by atoms with van der Waals surface area (Å²) in [5.74, 6) is 1.27. The number of nitrogens with one attached hydrogen (secondary N) is 1. The molecule has 8 heteroatoms. The minimum absolute atomic E-state index is 0.269. The van der Waals surface area contributed by atoms with Gasteiger partial charge in [-0.1, -0.05) is 43.7 Å². The highest BCUT2D eigenvalue weighted by Gasteiger charge is 2.49. The van der Waals surface area contributed by atoms with Crippen LogP contribution in [0.15, 0.2) is 29.3 Å². The van der Waals surface area contributed by atoms with Crippen LogP contribution in [0.4, 0.5) is 4.79 Å². The zero-order chi connectivity index (χ0) is 22.1. The number of guanidine groups is 1. The lowest BCUT2D eigenvalue weighted by Crippen LogP contribution is -2.64. The molecular formula is C23H34N6O2. The second-order valence-corrected chi connectivity index (χ2v) is 9.32. The molecule has 31 heavy (non-hydrogen) atoms. The van der Waals surface area contributed by atoms with Crippen LogP contribution in [0.5, 0.6) is 0 Å². The van der Waals surface area contributed by atoms with Crippen molar-refractivity contribution in [3.05, 3.63) is 35.4 Å². The van der Waals surface area contributed by atoms with Crippen molar-refractivity contribution in [2.24, 2.45) is 10.9 Å². The molecule has 0 radical (unpaired) electrons. The number of aliphatic imine (C=N–C) groups is 1. The van der Waals surface area contributed by atoms with Crippen LogP contribution in [-0.4, -0.2) is 89.5 Å². The molecule has 8 nitrogen and oxygen atoms in total. The first kappa shape index (κ1) is 21.6. The normalized spacial score (nSPS) is 24.5. The molecule has 0 saturated carbocycles. The van der Waals surface area contributed by atoms with E-state index in [0.717, 1.165) is 44.2 Å². The summed E-state index contributed by atoms with van der Waals surface area (Å²) in [6.45, 7) is 12.0. The van der Waals surface area contributed by atoms with Crippen molar-refractivity contribution >= 4 is 17.9 Å². The Morgan fingerprint density at radius 1 is 1.10 bits per heavy atom. The number of benzene rings is 1. The number of fused-ring (bicyclic) bond motifs is 1. The van der Waals surface area contributed by atoms with Gasteiger partial charge in [0.1, 0.15) is 0 Å². The first-order valence-electron chi connectivity index (χ1n) is 11.3. The van der Waals surface area contributed by atoms with Gasteiger partial charge in [0.15, 0.2) is 18.2 Å². The predicted molar refractivity (Wildman–Crippen MR) is 121 cm³/mol. The number of rotatable bonds is 5. The lowest BCUT2D eigenvalue weighted by Gasteiger charge is -2.40. The number of hydrogen-bond acceptors (Lipinski definition) is 6. The van der Waals surface area contributed by atoms with E-state index >= 15 is 0 Å². The molecule has 4 rings (SSSR count). The number of aryl methyl sites for hydroxylation is 1. The number of carbonyl (C=O) groups is 2. The molecule has 3 amide bonds. The Kier molecular flexibility index (Phi) is 6.18. The Hall–Kier alpha value is -2.61. The van der Waals surface area contributed by atoms with Crippen molar-refractivity contribution in [1.82, 2.24) is 24.9 Å². The van der Waals surface area contributed by atoms with E-state index in [1.807, 2.05) is 0 Å². The average Bonchev–Trinajstić information content (AvgIpc) is 3.12. The third-order valence-corrected chi connectivity index (χ3v) is 6.49. The Bertz CT molecular complexity index is 844. The number of piperazine rings is 1. The SMILES string of the molecule is Cc1ccc(CN2C(N3CCN(CCC(C)C)CC3)=NC3C2C(=O)NC(=O)N3C)cc1. The minimum atomic E-state index is -0.502. The van der Waals surface area contributed by atoms with Crippen molar-refractivity contribution in [1.29, 1.82) is 0 Å². The van der Waals surface area contributed by atoms with Gasteiger partial charge < -0.3 is 14.7 Å². The summed E-state index contributed by atoms with van der Waals surface area (Å²) in [4.78, 5) is 38.3. The Morgan fingerprint density at radius 2 is 1.77 bits per heavy atom. The number of amides is 3. The molecular weight excluding hydrogens is 392 g/mol. The van der Waals surface area contributed by atoms with Crippen LogP contribution in [0.25, 0.3) is 0 Å². The van der Waals surface area contributed by atoms with E-state index in [1.54, 1.807) is 11.9 Å². The van der Waals surface area contributed by atoms with Crippen LogP contribution in [0, 0.1) is 12.8 Å². The number of likely N-dealkylation sites (N-methyl/N-ethyl adjacent to an activating group) is 1. The molecule has 0 spiro atoms. The first-order chi connectivity index (χ1) is 14.8. The van der Waals surface area contributed by atoms with E-state index in [1.165, 1.54) is 12.0 Å². The van der Waals surface area contributed by atoms with E-state index in [-0.39, 0.29) is 11.9 Å². The van der Waals surface area contributed by atoms with Crippen LogP contribution in [0.3, 0.4) is 0 Å². The number of carbonyl (C=O) groups excluding carboxylic acids is 2. The molecule has 3 aliphatic rings. The number of hydrogen-bond donors (Lipinski definition) is 1. The zero-order valence-electron chi connectivity index (χ0n) is 19.0. The van der Waals surface area contributed by atoms with E-state index in [4.69, 9.17) is 4.99 Å². The minimum Gasteiger partial charge on any atom is -0.340 e. The topological polar surface area (TPSA) is 71.5 Å². The summed E-state index contributed by atoms with van der Waals surface area (Å²) < 4.78 is 0. The van der Waals surface area contributed by atoms with Crippen LogP contribution < -0.4 is 5.32 Å². The quantitative estimate of drug-likeness (QED) is 0.776. The highest BCUT2D eigenvalue weighted by molar-refractivity contribution is 6.03. The second-order valence-electron chi connectivity index (χ2n) is 9.32. The van der Waals surface area contributed by atoms with Crippen molar-refractivity contribution < 1.29 is 9.59 Å². The van der Waals surface area contributed by atoms with E-state index < -0.39 is 12.2 Å². The monoisotopic (exact) mass is 426 g/mol. The molecule has 1 N–H and O–H groups in total. The molecule has 0 bridgehead atoms. The Balaban J connectivity index is 1.54. The molecule has 2 atom stereocenters. The largest absolute Gasteiger partial charge is 0.340 e. The summed E-state index contributed by atoms with van der Waals surface area (Å²) in [6.07, 6.45) is 0.721. The number of imide groups is 1. The maximum absolute atomic E-state index is 12.8. The lowest BCUT2D eigenvalue weighted by atomic mass is 10.1. The van der Waals surface area contributed by atoms with E-state index in [2.05, 4.69) is 65.1 Å². The number of nitrogens with zero attached hydrogens (tertiary/aromatic N) is 5.